The molecule has 0 heterocycles. The molecule has 0 aliphatic heterocycles. The van der Waals surface area contributed by atoms with Gasteiger partial charge in [0.05, 0.1) is 0 Å². The van der Waals surface area contributed by atoms with Crippen LogP contribution in [0, 0.1) is 0 Å². The Labute approximate surface area is 160 Å². The molecule has 0 aromatic heterocycles. The molecule has 0 aliphatic rings. The van der Waals surface area contributed by atoms with Crippen molar-refractivity contribution in [3.05, 3.63) is 29.3 Å². The second-order valence-corrected chi connectivity index (χ2v) is 8.03. The van der Waals surface area contributed by atoms with Crippen molar-refractivity contribution < 1.29 is 24.2 Å². The number of nitrogens with one attached hydrogen (secondary N) is 2. The summed E-state index contributed by atoms with van der Waals surface area (Å²) in [6, 6.07) is 3.93. The summed E-state index contributed by atoms with van der Waals surface area (Å²) in [5, 5.41) is 14.2. The van der Waals surface area contributed by atoms with Crippen LogP contribution in [0.1, 0.15) is 71.4 Å². The van der Waals surface area contributed by atoms with Gasteiger partial charge in [-0.3, -0.25) is 10.1 Å². The van der Waals surface area contributed by atoms with Gasteiger partial charge in [-0.25, -0.2) is 9.59 Å². The van der Waals surface area contributed by atoms with Crippen molar-refractivity contribution in [2.75, 3.05) is 5.32 Å². The predicted octanol–water partition coefficient (Wildman–Crippen LogP) is 3.85. The molecule has 0 fully saturated rings. The summed E-state index contributed by atoms with van der Waals surface area (Å²) in [6.07, 6.45) is -0.966. The van der Waals surface area contributed by atoms with E-state index < -0.39 is 29.6 Å². The third-order valence-electron chi connectivity index (χ3n) is 3.79. The van der Waals surface area contributed by atoms with Gasteiger partial charge < -0.3 is 15.2 Å². The van der Waals surface area contributed by atoms with Gasteiger partial charge in [0.2, 0.25) is 6.04 Å². The fraction of sp³-hybridized carbons (Fsp3) is 0.550. The van der Waals surface area contributed by atoms with Crippen LogP contribution in [-0.2, 0) is 14.3 Å². The van der Waals surface area contributed by atoms with Crippen molar-refractivity contribution in [2.24, 2.45) is 0 Å². The molecule has 0 aliphatic carbocycles. The Morgan fingerprint density at radius 2 is 1.48 bits per heavy atom. The average Bonchev–Trinajstić information content (AvgIpc) is 2.50. The lowest BCUT2D eigenvalue weighted by molar-refractivity contribution is -0.142. The van der Waals surface area contributed by atoms with Gasteiger partial charge >= 0.3 is 12.1 Å². The summed E-state index contributed by atoms with van der Waals surface area (Å²) in [4.78, 5) is 36.1. The second kappa shape index (κ2) is 8.88. The lowest BCUT2D eigenvalue weighted by Gasteiger charge is -2.23. The molecule has 0 saturated heterocycles. The van der Waals surface area contributed by atoms with E-state index >= 15 is 0 Å². The number of carbonyl (C=O) groups excluding carboxylic acids is 2. The van der Waals surface area contributed by atoms with Crippen LogP contribution in [0.4, 0.5) is 10.5 Å². The molecule has 1 unspecified atom stereocenters. The van der Waals surface area contributed by atoms with Crippen LogP contribution in [-0.4, -0.2) is 34.7 Å². The van der Waals surface area contributed by atoms with E-state index in [2.05, 4.69) is 10.6 Å². The molecule has 1 atom stereocenters. The number of carboxylic acids is 1. The Hall–Kier alpha value is -2.57. The second-order valence-electron chi connectivity index (χ2n) is 8.03. The zero-order valence-corrected chi connectivity index (χ0v) is 17.0. The number of anilines is 1. The molecule has 7 nitrogen and oxygen atoms in total. The van der Waals surface area contributed by atoms with Gasteiger partial charge in [0.15, 0.2) is 0 Å². The standard InChI is InChI=1S/C20H30N2O5/c1-11(2)13-9-8-10-14(12(3)4)15(13)21-17(23)16(18(24)25)22-19(26)27-20(5,6)7/h8-12,16H,1-7H3,(H,21,23)(H,22,26)(H,24,25). The highest BCUT2D eigenvalue weighted by atomic mass is 16.6. The first kappa shape index (κ1) is 22.5. The smallest absolute Gasteiger partial charge is 0.408 e. The van der Waals surface area contributed by atoms with Crippen molar-refractivity contribution in [2.45, 2.75) is 71.9 Å². The van der Waals surface area contributed by atoms with Gasteiger partial charge in [-0.15, -0.1) is 0 Å². The zero-order chi connectivity index (χ0) is 20.9. The van der Waals surface area contributed by atoms with Crippen LogP contribution < -0.4 is 10.6 Å². The Morgan fingerprint density at radius 3 is 1.85 bits per heavy atom. The van der Waals surface area contributed by atoms with E-state index in [0.717, 1.165) is 11.1 Å². The molecule has 3 N–H and O–H groups in total. The van der Waals surface area contributed by atoms with Crippen LogP contribution >= 0.6 is 0 Å². The molecule has 27 heavy (non-hydrogen) atoms. The van der Waals surface area contributed by atoms with Gasteiger partial charge in [0, 0.05) is 5.69 Å². The summed E-state index contributed by atoms with van der Waals surface area (Å²) < 4.78 is 5.05. The number of aliphatic carboxylic acids is 1. The minimum absolute atomic E-state index is 0.126. The summed E-state index contributed by atoms with van der Waals surface area (Å²) in [6.45, 7) is 12.9. The monoisotopic (exact) mass is 378 g/mol. The minimum Gasteiger partial charge on any atom is -0.479 e. The Balaban J connectivity index is 3.13. The number of rotatable bonds is 6. The Kier molecular flexibility index (Phi) is 7.39. The highest BCUT2D eigenvalue weighted by Gasteiger charge is 2.31. The van der Waals surface area contributed by atoms with Crippen molar-refractivity contribution >= 4 is 23.7 Å². The molecule has 0 saturated carbocycles. The number of benzene rings is 1. The van der Waals surface area contributed by atoms with Crippen LogP contribution in [0.2, 0.25) is 0 Å². The number of hydrogen-bond donors (Lipinski definition) is 3. The number of para-hydroxylation sites is 1. The number of carbonyl (C=O) groups is 3. The molecule has 150 valence electrons. The molecule has 7 heteroatoms. The van der Waals surface area contributed by atoms with E-state index in [-0.39, 0.29) is 11.8 Å². The molecular weight excluding hydrogens is 348 g/mol. The zero-order valence-electron chi connectivity index (χ0n) is 17.0. The Bertz CT molecular complexity index is 679. The molecule has 0 bridgehead atoms. The van der Waals surface area contributed by atoms with E-state index in [4.69, 9.17) is 4.74 Å². The van der Waals surface area contributed by atoms with Crippen LogP contribution in [0.5, 0.6) is 0 Å². The summed E-state index contributed by atoms with van der Waals surface area (Å²) in [5.74, 6) is -2.04. The number of ether oxygens (including phenoxy) is 1. The fourth-order valence-corrected chi connectivity index (χ4v) is 2.56. The van der Waals surface area contributed by atoms with Gasteiger partial charge in [-0.1, -0.05) is 45.9 Å². The van der Waals surface area contributed by atoms with Gasteiger partial charge in [-0.2, -0.15) is 0 Å². The molecule has 0 radical (unpaired) electrons. The third kappa shape index (κ3) is 6.58. The lowest BCUT2D eigenvalue weighted by atomic mass is 9.92. The van der Waals surface area contributed by atoms with E-state index in [1.807, 2.05) is 45.9 Å². The quantitative estimate of drug-likeness (QED) is 0.652. The normalized spacial score (nSPS) is 12.6. The fourth-order valence-electron chi connectivity index (χ4n) is 2.56. The highest BCUT2D eigenvalue weighted by molar-refractivity contribution is 6.10. The average molecular weight is 378 g/mol. The van der Waals surface area contributed by atoms with Gasteiger partial charge in [0.1, 0.15) is 5.60 Å². The summed E-state index contributed by atoms with van der Waals surface area (Å²) in [5.41, 5.74) is 1.58. The Morgan fingerprint density at radius 1 is 1.00 bits per heavy atom. The predicted molar refractivity (Wildman–Crippen MR) is 104 cm³/mol. The number of hydrogen-bond acceptors (Lipinski definition) is 4. The van der Waals surface area contributed by atoms with E-state index in [1.54, 1.807) is 20.8 Å². The minimum atomic E-state index is -1.76. The van der Waals surface area contributed by atoms with Crippen LogP contribution in [0.15, 0.2) is 18.2 Å². The number of alkyl carbamates (subject to hydrolysis) is 1. The van der Waals surface area contributed by atoms with E-state index in [1.165, 1.54) is 0 Å². The van der Waals surface area contributed by atoms with Gasteiger partial charge in [0.25, 0.3) is 5.91 Å². The maximum Gasteiger partial charge on any atom is 0.408 e. The first-order chi connectivity index (χ1) is 12.3. The largest absolute Gasteiger partial charge is 0.479 e. The van der Waals surface area contributed by atoms with Crippen LogP contribution in [0.25, 0.3) is 0 Å². The first-order valence-electron chi connectivity index (χ1n) is 8.99. The van der Waals surface area contributed by atoms with Gasteiger partial charge in [-0.05, 0) is 43.7 Å². The molecule has 0 spiro atoms. The summed E-state index contributed by atoms with van der Waals surface area (Å²) >= 11 is 0. The first-order valence-corrected chi connectivity index (χ1v) is 8.99. The third-order valence-corrected chi connectivity index (χ3v) is 3.79. The SMILES string of the molecule is CC(C)c1cccc(C(C)C)c1NC(=O)C(NC(=O)OC(C)(C)C)C(=O)O. The lowest BCUT2D eigenvalue weighted by Crippen LogP contribution is -2.50. The molecule has 2 amide bonds. The maximum atomic E-state index is 12.6. The molecular formula is C20H30N2O5. The molecule has 1 aromatic carbocycles. The van der Waals surface area contributed by atoms with Crippen molar-refractivity contribution in [1.29, 1.82) is 0 Å². The van der Waals surface area contributed by atoms with Crippen molar-refractivity contribution in [1.82, 2.24) is 5.32 Å². The van der Waals surface area contributed by atoms with Crippen molar-refractivity contribution in [3.8, 4) is 0 Å². The van der Waals surface area contributed by atoms with E-state index in [9.17, 15) is 19.5 Å². The molecule has 1 aromatic rings. The summed E-state index contributed by atoms with van der Waals surface area (Å²) in [7, 11) is 0. The maximum absolute atomic E-state index is 12.6. The number of carboxylic acid groups (broad SMARTS) is 1. The van der Waals surface area contributed by atoms with Crippen LogP contribution in [0.3, 0.4) is 0 Å². The highest BCUT2D eigenvalue weighted by Crippen LogP contribution is 2.32. The van der Waals surface area contributed by atoms with Crippen molar-refractivity contribution in [3.63, 3.8) is 0 Å². The van der Waals surface area contributed by atoms with E-state index in [0.29, 0.717) is 5.69 Å². The number of amides is 2. The topological polar surface area (TPSA) is 105 Å². The molecule has 1 rings (SSSR count).